The van der Waals surface area contributed by atoms with Crippen molar-refractivity contribution in [2.45, 2.75) is 45.3 Å². The number of amides is 1. The van der Waals surface area contributed by atoms with Gasteiger partial charge in [0.05, 0.1) is 24.3 Å². The number of anilines is 1. The molecule has 5 nitrogen and oxygen atoms in total. The smallest absolute Gasteiger partial charge is 0.238 e. The Balaban J connectivity index is 1.95. The lowest BCUT2D eigenvalue weighted by Gasteiger charge is -2.40. The van der Waals surface area contributed by atoms with Crippen LogP contribution in [0.5, 0.6) is 5.75 Å². The zero-order valence-corrected chi connectivity index (χ0v) is 15.7. The summed E-state index contributed by atoms with van der Waals surface area (Å²) in [6, 6.07) is 5.60. The van der Waals surface area contributed by atoms with Gasteiger partial charge in [0.15, 0.2) is 0 Å². The van der Waals surface area contributed by atoms with Crippen LogP contribution in [0.1, 0.15) is 33.6 Å². The molecule has 1 aliphatic heterocycles. The summed E-state index contributed by atoms with van der Waals surface area (Å²) in [5.41, 5.74) is 0.546. The number of carbonyl (C=O) groups excluding carboxylic acids is 1. The van der Waals surface area contributed by atoms with Gasteiger partial charge in [-0.05, 0) is 51.4 Å². The number of nitrogens with zero attached hydrogens (tertiary/aromatic N) is 1. The van der Waals surface area contributed by atoms with Crippen molar-refractivity contribution in [3.8, 4) is 5.75 Å². The maximum atomic E-state index is 12.4. The molecule has 1 aliphatic rings. The highest BCUT2D eigenvalue weighted by atomic mass is 35.5. The summed E-state index contributed by atoms with van der Waals surface area (Å²) < 4.78 is 10.9. The number of rotatable bonds is 6. The third-order valence-corrected chi connectivity index (χ3v) is 4.67. The molecule has 1 aromatic carbocycles. The SMILES string of the molecule is CCN(CC(=O)Nc1ccc(OC)c(Cl)c1)C1CCOC(C)(C)C1. The topological polar surface area (TPSA) is 50.8 Å². The third kappa shape index (κ3) is 5.10. The number of hydrogen-bond acceptors (Lipinski definition) is 4. The first-order chi connectivity index (χ1) is 11.3. The van der Waals surface area contributed by atoms with Crippen LogP contribution in [0.4, 0.5) is 5.69 Å². The molecule has 6 heteroatoms. The highest BCUT2D eigenvalue weighted by Gasteiger charge is 2.32. The molecule has 24 heavy (non-hydrogen) atoms. The van der Waals surface area contributed by atoms with E-state index >= 15 is 0 Å². The van der Waals surface area contributed by atoms with Gasteiger partial charge in [0.1, 0.15) is 5.75 Å². The van der Waals surface area contributed by atoms with Crippen LogP contribution >= 0.6 is 11.6 Å². The number of methoxy groups -OCH3 is 1. The van der Waals surface area contributed by atoms with Crippen molar-refractivity contribution in [3.05, 3.63) is 23.2 Å². The molecule has 0 spiro atoms. The number of benzene rings is 1. The molecule has 1 amide bonds. The van der Waals surface area contributed by atoms with Crippen molar-refractivity contribution >= 4 is 23.2 Å². The predicted octanol–water partition coefficient (Wildman–Crippen LogP) is 3.57. The minimum Gasteiger partial charge on any atom is -0.495 e. The first-order valence-corrected chi connectivity index (χ1v) is 8.74. The van der Waals surface area contributed by atoms with E-state index in [9.17, 15) is 4.79 Å². The average Bonchev–Trinajstić information content (AvgIpc) is 2.51. The average molecular weight is 355 g/mol. The molecule has 0 aliphatic carbocycles. The van der Waals surface area contributed by atoms with Gasteiger partial charge in [0, 0.05) is 18.3 Å². The number of carbonyl (C=O) groups is 1. The monoisotopic (exact) mass is 354 g/mol. The molecule has 1 heterocycles. The highest BCUT2D eigenvalue weighted by molar-refractivity contribution is 6.32. The van der Waals surface area contributed by atoms with E-state index in [2.05, 4.69) is 31.0 Å². The lowest BCUT2D eigenvalue weighted by Crippen LogP contribution is -2.48. The molecule has 0 aromatic heterocycles. The maximum Gasteiger partial charge on any atom is 0.238 e. The molecule has 1 aromatic rings. The van der Waals surface area contributed by atoms with Gasteiger partial charge in [-0.2, -0.15) is 0 Å². The van der Waals surface area contributed by atoms with Gasteiger partial charge in [0.2, 0.25) is 5.91 Å². The van der Waals surface area contributed by atoms with Crippen molar-refractivity contribution in [3.63, 3.8) is 0 Å². The summed E-state index contributed by atoms with van der Waals surface area (Å²) in [4.78, 5) is 14.6. The fourth-order valence-electron chi connectivity index (χ4n) is 3.14. The van der Waals surface area contributed by atoms with Crippen molar-refractivity contribution in [2.24, 2.45) is 0 Å². The summed E-state index contributed by atoms with van der Waals surface area (Å²) in [6.45, 7) is 8.22. The highest BCUT2D eigenvalue weighted by Crippen LogP contribution is 2.28. The van der Waals surface area contributed by atoms with E-state index in [1.54, 1.807) is 25.3 Å². The molecule has 1 atom stereocenters. The summed E-state index contributed by atoms with van der Waals surface area (Å²) in [5.74, 6) is 0.552. The Morgan fingerprint density at radius 2 is 2.25 bits per heavy atom. The van der Waals surface area contributed by atoms with E-state index in [-0.39, 0.29) is 11.5 Å². The van der Waals surface area contributed by atoms with E-state index < -0.39 is 0 Å². The molecule has 2 rings (SSSR count). The van der Waals surface area contributed by atoms with Crippen LogP contribution in [0, 0.1) is 0 Å². The van der Waals surface area contributed by atoms with E-state index in [0.717, 1.165) is 26.0 Å². The number of likely N-dealkylation sites (N-methyl/N-ethyl adjacent to an activating group) is 1. The van der Waals surface area contributed by atoms with E-state index in [0.29, 0.717) is 29.0 Å². The number of ether oxygens (including phenoxy) is 2. The molecule has 0 bridgehead atoms. The van der Waals surface area contributed by atoms with Gasteiger partial charge in [-0.3, -0.25) is 9.69 Å². The largest absolute Gasteiger partial charge is 0.495 e. The van der Waals surface area contributed by atoms with Gasteiger partial charge in [-0.25, -0.2) is 0 Å². The predicted molar refractivity (Wildman–Crippen MR) is 96.9 cm³/mol. The molecule has 1 N–H and O–H groups in total. The molecule has 0 saturated carbocycles. The van der Waals surface area contributed by atoms with Gasteiger partial charge < -0.3 is 14.8 Å². The molecule has 1 fully saturated rings. The Morgan fingerprint density at radius 1 is 1.50 bits per heavy atom. The number of hydrogen-bond donors (Lipinski definition) is 1. The van der Waals surface area contributed by atoms with Gasteiger partial charge >= 0.3 is 0 Å². The quantitative estimate of drug-likeness (QED) is 0.848. The second-order valence-electron chi connectivity index (χ2n) is 6.72. The number of nitrogens with one attached hydrogen (secondary N) is 1. The zero-order valence-electron chi connectivity index (χ0n) is 14.9. The van der Waals surface area contributed by atoms with Crippen LogP contribution in [-0.2, 0) is 9.53 Å². The minimum atomic E-state index is -0.129. The summed E-state index contributed by atoms with van der Waals surface area (Å²) in [7, 11) is 1.56. The Kier molecular flexibility index (Phi) is 6.49. The molecule has 1 unspecified atom stereocenters. The van der Waals surface area contributed by atoms with Crippen molar-refractivity contribution in [1.29, 1.82) is 0 Å². The van der Waals surface area contributed by atoms with Gasteiger partial charge in [0.25, 0.3) is 0 Å². The Morgan fingerprint density at radius 3 is 2.83 bits per heavy atom. The Labute approximate surface area is 149 Å². The van der Waals surface area contributed by atoms with Crippen LogP contribution in [0.25, 0.3) is 0 Å². The summed E-state index contributed by atoms with van der Waals surface area (Å²) in [6.07, 6.45) is 1.89. The molecule has 134 valence electrons. The van der Waals surface area contributed by atoms with E-state index in [4.69, 9.17) is 21.1 Å². The third-order valence-electron chi connectivity index (χ3n) is 4.38. The Bertz CT molecular complexity index is 577. The van der Waals surface area contributed by atoms with Gasteiger partial charge in [-0.1, -0.05) is 18.5 Å². The van der Waals surface area contributed by atoms with E-state index in [1.807, 2.05) is 0 Å². The van der Waals surface area contributed by atoms with Crippen molar-refractivity contribution in [1.82, 2.24) is 4.90 Å². The van der Waals surface area contributed by atoms with Crippen LogP contribution in [0.3, 0.4) is 0 Å². The Hall–Kier alpha value is -1.30. The molecular formula is C18H27ClN2O3. The van der Waals surface area contributed by atoms with Crippen molar-refractivity contribution in [2.75, 3.05) is 32.1 Å². The van der Waals surface area contributed by atoms with Crippen LogP contribution in [0.2, 0.25) is 5.02 Å². The minimum absolute atomic E-state index is 0.0395. The second-order valence-corrected chi connectivity index (χ2v) is 7.12. The van der Waals surface area contributed by atoms with Gasteiger partial charge in [-0.15, -0.1) is 0 Å². The summed E-state index contributed by atoms with van der Waals surface area (Å²) >= 11 is 6.10. The van der Waals surface area contributed by atoms with Crippen LogP contribution in [-0.4, -0.2) is 49.3 Å². The fourth-order valence-corrected chi connectivity index (χ4v) is 3.40. The molecule has 1 saturated heterocycles. The van der Waals surface area contributed by atoms with Crippen LogP contribution < -0.4 is 10.1 Å². The standard InChI is InChI=1S/C18H27ClN2O3/c1-5-21(14-8-9-24-18(2,3)11-14)12-17(22)20-13-6-7-16(23-4)15(19)10-13/h6-7,10,14H,5,8-9,11-12H2,1-4H3,(H,20,22). The first kappa shape index (κ1) is 19.0. The lowest BCUT2D eigenvalue weighted by atomic mass is 9.93. The second kappa shape index (κ2) is 8.19. The van der Waals surface area contributed by atoms with E-state index in [1.165, 1.54) is 0 Å². The maximum absolute atomic E-state index is 12.4. The first-order valence-electron chi connectivity index (χ1n) is 8.36. The van der Waals surface area contributed by atoms with Crippen LogP contribution in [0.15, 0.2) is 18.2 Å². The fraction of sp³-hybridized carbons (Fsp3) is 0.611. The summed E-state index contributed by atoms with van der Waals surface area (Å²) in [5, 5.41) is 3.39. The lowest BCUT2D eigenvalue weighted by molar-refractivity contribution is -0.120. The number of halogens is 1. The molecular weight excluding hydrogens is 328 g/mol. The molecule has 0 radical (unpaired) electrons. The van der Waals surface area contributed by atoms with Crippen molar-refractivity contribution < 1.29 is 14.3 Å². The normalized spacial score (nSPS) is 20.0. The zero-order chi connectivity index (χ0) is 17.7.